The molecule has 0 spiro atoms. The number of para-hydroxylation sites is 1. The summed E-state index contributed by atoms with van der Waals surface area (Å²) in [5.41, 5.74) is 0.871. The van der Waals surface area contributed by atoms with Gasteiger partial charge in [-0.25, -0.2) is 0 Å². The zero-order chi connectivity index (χ0) is 13.8. The van der Waals surface area contributed by atoms with Gasteiger partial charge in [0.1, 0.15) is 5.75 Å². The van der Waals surface area contributed by atoms with Gasteiger partial charge >= 0.3 is 0 Å². The van der Waals surface area contributed by atoms with Crippen molar-refractivity contribution in [2.45, 2.75) is 19.3 Å². The van der Waals surface area contributed by atoms with Gasteiger partial charge in [-0.3, -0.25) is 0 Å². The summed E-state index contributed by atoms with van der Waals surface area (Å²) in [5.74, 6) is 2.73. The number of hydrogen-bond donors (Lipinski definition) is 1. The molecule has 5 nitrogen and oxygen atoms in total. The Kier molecular flexibility index (Phi) is 3.97. The van der Waals surface area contributed by atoms with Gasteiger partial charge in [-0.15, -0.1) is 0 Å². The summed E-state index contributed by atoms with van der Waals surface area (Å²) < 4.78 is 10.7. The fourth-order valence-corrected chi connectivity index (χ4v) is 2.61. The number of benzene rings is 1. The number of piperidine rings is 1. The summed E-state index contributed by atoms with van der Waals surface area (Å²) in [5, 5.41) is 7.44. The lowest BCUT2D eigenvalue weighted by atomic mass is 9.95. The predicted molar refractivity (Wildman–Crippen MR) is 75.6 cm³/mol. The largest absolute Gasteiger partial charge is 0.496 e. The number of hydrogen-bond acceptors (Lipinski definition) is 5. The molecule has 1 aliphatic heterocycles. The Morgan fingerprint density at radius 2 is 2.10 bits per heavy atom. The molecule has 5 heteroatoms. The third-order valence-electron chi connectivity index (χ3n) is 3.74. The van der Waals surface area contributed by atoms with Crippen molar-refractivity contribution >= 4 is 0 Å². The van der Waals surface area contributed by atoms with E-state index in [1.165, 1.54) is 12.8 Å². The first kappa shape index (κ1) is 13.1. The quantitative estimate of drug-likeness (QED) is 0.926. The van der Waals surface area contributed by atoms with E-state index >= 15 is 0 Å². The van der Waals surface area contributed by atoms with Crippen LogP contribution in [0.15, 0.2) is 28.8 Å². The molecule has 0 amide bonds. The number of aromatic nitrogens is 2. The van der Waals surface area contributed by atoms with E-state index in [1.54, 1.807) is 7.11 Å². The molecule has 1 saturated heterocycles. The van der Waals surface area contributed by atoms with Gasteiger partial charge in [0.15, 0.2) is 0 Å². The Morgan fingerprint density at radius 3 is 2.90 bits per heavy atom. The SMILES string of the molecule is COc1ccccc1-c1noc(CC2CCNCC2)n1. The lowest BCUT2D eigenvalue weighted by Crippen LogP contribution is -2.28. The highest BCUT2D eigenvalue weighted by atomic mass is 16.5. The van der Waals surface area contributed by atoms with E-state index in [9.17, 15) is 0 Å². The average molecular weight is 273 g/mol. The van der Waals surface area contributed by atoms with E-state index in [-0.39, 0.29) is 0 Å². The first-order chi connectivity index (χ1) is 9.86. The highest BCUT2D eigenvalue weighted by Gasteiger charge is 2.18. The highest BCUT2D eigenvalue weighted by Crippen LogP contribution is 2.27. The van der Waals surface area contributed by atoms with Gasteiger partial charge in [-0.1, -0.05) is 17.3 Å². The van der Waals surface area contributed by atoms with Crippen LogP contribution in [-0.4, -0.2) is 30.3 Å². The van der Waals surface area contributed by atoms with Crippen molar-refractivity contribution < 1.29 is 9.26 Å². The van der Waals surface area contributed by atoms with Crippen LogP contribution >= 0.6 is 0 Å². The van der Waals surface area contributed by atoms with Crippen LogP contribution in [0, 0.1) is 5.92 Å². The first-order valence-corrected chi connectivity index (χ1v) is 7.03. The van der Waals surface area contributed by atoms with Crippen LogP contribution in [0.25, 0.3) is 11.4 Å². The molecule has 0 bridgehead atoms. The van der Waals surface area contributed by atoms with Crippen LogP contribution in [-0.2, 0) is 6.42 Å². The zero-order valence-electron chi connectivity index (χ0n) is 11.6. The Morgan fingerprint density at radius 1 is 1.30 bits per heavy atom. The van der Waals surface area contributed by atoms with Crippen LogP contribution in [0.1, 0.15) is 18.7 Å². The van der Waals surface area contributed by atoms with Crippen molar-refractivity contribution in [3.05, 3.63) is 30.2 Å². The van der Waals surface area contributed by atoms with Crippen molar-refractivity contribution in [3.63, 3.8) is 0 Å². The average Bonchev–Trinajstić information content (AvgIpc) is 2.96. The second kappa shape index (κ2) is 6.05. The molecule has 2 heterocycles. The van der Waals surface area contributed by atoms with E-state index in [4.69, 9.17) is 9.26 Å². The molecule has 1 aliphatic rings. The van der Waals surface area contributed by atoms with E-state index in [0.29, 0.717) is 11.7 Å². The predicted octanol–water partition coefficient (Wildman–Crippen LogP) is 2.29. The monoisotopic (exact) mass is 273 g/mol. The summed E-state index contributed by atoms with van der Waals surface area (Å²) in [6.07, 6.45) is 3.21. The van der Waals surface area contributed by atoms with Crippen LogP contribution in [0.2, 0.25) is 0 Å². The molecular formula is C15H19N3O2. The molecule has 2 aromatic rings. The summed E-state index contributed by atoms with van der Waals surface area (Å²) in [6, 6.07) is 7.72. The maximum atomic E-state index is 5.38. The Balaban J connectivity index is 1.75. The number of nitrogens with zero attached hydrogens (tertiary/aromatic N) is 2. The lowest BCUT2D eigenvalue weighted by molar-refractivity contribution is 0.313. The maximum absolute atomic E-state index is 5.38. The van der Waals surface area contributed by atoms with Gasteiger partial charge in [0.2, 0.25) is 11.7 Å². The second-order valence-corrected chi connectivity index (χ2v) is 5.11. The maximum Gasteiger partial charge on any atom is 0.227 e. The number of nitrogens with one attached hydrogen (secondary N) is 1. The second-order valence-electron chi connectivity index (χ2n) is 5.11. The van der Waals surface area contributed by atoms with Crippen molar-refractivity contribution in [1.82, 2.24) is 15.5 Å². The molecule has 1 fully saturated rings. The summed E-state index contributed by atoms with van der Waals surface area (Å²) in [4.78, 5) is 4.51. The smallest absolute Gasteiger partial charge is 0.227 e. The number of methoxy groups -OCH3 is 1. The molecule has 0 saturated carbocycles. The molecule has 0 unspecified atom stereocenters. The molecule has 20 heavy (non-hydrogen) atoms. The fourth-order valence-electron chi connectivity index (χ4n) is 2.61. The number of ether oxygens (including phenoxy) is 1. The van der Waals surface area contributed by atoms with Crippen molar-refractivity contribution in [3.8, 4) is 17.1 Å². The van der Waals surface area contributed by atoms with E-state index in [1.807, 2.05) is 24.3 Å². The minimum Gasteiger partial charge on any atom is -0.496 e. The van der Waals surface area contributed by atoms with E-state index < -0.39 is 0 Å². The third kappa shape index (κ3) is 2.82. The van der Waals surface area contributed by atoms with E-state index in [0.717, 1.165) is 36.7 Å². The normalized spacial score (nSPS) is 16.2. The fraction of sp³-hybridized carbons (Fsp3) is 0.467. The summed E-state index contributed by atoms with van der Waals surface area (Å²) in [6.45, 7) is 2.16. The molecule has 0 radical (unpaired) electrons. The molecule has 0 aliphatic carbocycles. The van der Waals surface area contributed by atoms with Crippen LogP contribution in [0.5, 0.6) is 5.75 Å². The Hall–Kier alpha value is -1.88. The van der Waals surface area contributed by atoms with Gasteiger partial charge in [0.25, 0.3) is 0 Å². The molecular weight excluding hydrogens is 254 g/mol. The Bertz CT molecular complexity index is 562. The van der Waals surface area contributed by atoms with Crippen molar-refractivity contribution in [1.29, 1.82) is 0 Å². The van der Waals surface area contributed by atoms with Gasteiger partial charge < -0.3 is 14.6 Å². The standard InChI is InChI=1S/C15H19N3O2/c1-19-13-5-3-2-4-12(13)15-17-14(20-18-15)10-11-6-8-16-9-7-11/h2-5,11,16H,6-10H2,1H3. The van der Waals surface area contributed by atoms with Crippen molar-refractivity contribution in [2.24, 2.45) is 5.92 Å². The molecule has 1 aromatic carbocycles. The van der Waals surface area contributed by atoms with Crippen LogP contribution in [0.4, 0.5) is 0 Å². The van der Waals surface area contributed by atoms with Gasteiger partial charge in [-0.05, 0) is 44.0 Å². The molecule has 1 N–H and O–H groups in total. The zero-order valence-corrected chi connectivity index (χ0v) is 11.6. The summed E-state index contributed by atoms with van der Waals surface area (Å²) in [7, 11) is 1.65. The van der Waals surface area contributed by atoms with Gasteiger partial charge in [-0.2, -0.15) is 4.98 Å². The van der Waals surface area contributed by atoms with Crippen molar-refractivity contribution in [2.75, 3.05) is 20.2 Å². The minimum absolute atomic E-state index is 0.603. The lowest BCUT2D eigenvalue weighted by Gasteiger charge is -2.20. The van der Waals surface area contributed by atoms with Gasteiger partial charge in [0, 0.05) is 6.42 Å². The van der Waals surface area contributed by atoms with Crippen LogP contribution < -0.4 is 10.1 Å². The molecule has 1 aromatic heterocycles. The Labute approximate surface area is 118 Å². The number of rotatable bonds is 4. The first-order valence-electron chi connectivity index (χ1n) is 7.03. The summed E-state index contributed by atoms with van der Waals surface area (Å²) >= 11 is 0. The van der Waals surface area contributed by atoms with Crippen LogP contribution in [0.3, 0.4) is 0 Å². The third-order valence-corrected chi connectivity index (χ3v) is 3.74. The highest BCUT2D eigenvalue weighted by molar-refractivity contribution is 5.63. The van der Waals surface area contributed by atoms with E-state index in [2.05, 4.69) is 15.5 Å². The minimum atomic E-state index is 0.603. The molecule has 0 atom stereocenters. The molecule has 106 valence electrons. The van der Waals surface area contributed by atoms with Gasteiger partial charge in [0.05, 0.1) is 12.7 Å². The topological polar surface area (TPSA) is 60.2 Å². The molecule has 3 rings (SSSR count).